The van der Waals surface area contributed by atoms with Gasteiger partial charge in [-0.1, -0.05) is 0 Å². The van der Waals surface area contributed by atoms with Crippen molar-refractivity contribution in [3.05, 3.63) is 16.7 Å². The molecule has 0 saturated carbocycles. The lowest BCUT2D eigenvalue weighted by Gasteiger charge is -2.28. The van der Waals surface area contributed by atoms with Gasteiger partial charge in [-0.2, -0.15) is 4.90 Å². The second-order valence-corrected chi connectivity index (χ2v) is 7.83. The molecule has 1 aromatic rings. The van der Waals surface area contributed by atoms with Crippen molar-refractivity contribution in [3.8, 4) is 5.75 Å². The molecule has 24 heavy (non-hydrogen) atoms. The molecule has 0 N–H and O–H groups in total. The maximum atomic E-state index is 12.5. The largest absolute Gasteiger partial charge is 0.495 e. The van der Waals surface area contributed by atoms with E-state index in [4.69, 9.17) is 14.2 Å². The maximum absolute atomic E-state index is 12.5. The summed E-state index contributed by atoms with van der Waals surface area (Å²) in [5.74, 6) is 0.454. The molecule has 1 aromatic heterocycles. The first kappa shape index (κ1) is 20.2. The Labute approximate surface area is 150 Å². The Kier molecular flexibility index (Phi) is 6.21. The number of pyridine rings is 1. The van der Waals surface area contributed by atoms with Crippen LogP contribution in [0.4, 0.5) is 15.4 Å². The van der Waals surface area contributed by atoms with Crippen LogP contribution in [0, 0.1) is 0 Å². The van der Waals surface area contributed by atoms with E-state index in [-0.39, 0.29) is 5.82 Å². The number of aromatic nitrogens is 1. The molecule has 0 radical (unpaired) electrons. The quantitative estimate of drug-likeness (QED) is 0.722. The summed E-state index contributed by atoms with van der Waals surface area (Å²) in [6.45, 7) is 10.2. The molecule has 0 aliphatic rings. The van der Waals surface area contributed by atoms with Crippen LogP contribution in [-0.4, -0.2) is 35.5 Å². The lowest BCUT2D eigenvalue weighted by Crippen LogP contribution is -2.44. The first-order chi connectivity index (χ1) is 10.8. The van der Waals surface area contributed by atoms with Crippen LogP contribution in [0.2, 0.25) is 0 Å². The molecular formula is C16H23BrN2O5. The number of imide groups is 1. The Morgan fingerprint density at radius 1 is 1.04 bits per heavy atom. The zero-order chi connectivity index (χ0) is 18.7. The molecule has 1 rings (SSSR count). The highest BCUT2D eigenvalue weighted by Crippen LogP contribution is 2.29. The molecule has 0 aliphatic carbocycles. The van der Waals surface area contributed by atoms with Crippen molar-refractivity contribution < 1.29 is 23.8 Å². The number of nitrogens with zero attached hydrogens (tertiary/aromatic N) is 2. The van der Waals surface area contributed by atoms with Crippen molar-refractivity contribution in [1.29, 1.82) is 0 Å². The van der Waals surface area contributed by atoms with E-state index in [0.717, 1.165) is 4.90 Å². The minimum atomic E-state index is -0.881. The fourth-order valence-electron chi connectivity index (χ4n) is 1.57. The molecule has 0 aromatic carbocycles. The van der Waals surface area contributed by atoms with Gasteiger partial charge in [0.15, 0.2) is 5.82 Å². The van der Waals surface area contributed by atoms with Crippen LogP contribution in [0.15, 0.2) is 16.7 Å². The summed E-state index contributed by atoms with van der Waals surface area (Å²) in [4.78, 5) is 29.8. The maximum Gasteiger partial charge on any atom is 0.425 e. The van der Waals surface area contributed by atoms with Gasteiger partial charge in [-0.25, -0.2) is 14.6 Å². The number of methoxy groups -OCH3 is 1. The fourth-order valence-corrected chi connectivity index (χ4v) is 1.94. The molecule has 1 heterocycles. The Morgan fingerprint density at radius 2 is 1.50 bits per heavy atom. The molecule has 0 aliphatic heterocycles. The van der Waals surface area contributed by atoms with Crippen LogP contribution in [0.3, 0.4) is 0 Å². The van der Waals surface area contributed by atoms with E-state index in [0.29, 0.717) is 10.2 Å². The number of amides is 2. The third-order valence-electron chi connectivity index (χ3n) is 2.41. The number of anilines is 1. The number of hydrogen-bond donors (Lipinski definition) is 0. The Hall–Kier alpha value is -1.83. The van der Waals surface area contributed by atoms with Crippen LogP contribution in [0.25, 0.3) is 0 Å². The summed E-state index contributed by atoms with van der Waals surface area (Å²) in [5, 5.41) is 0. The predicted octanol–water partition coefficient (Wildman–Crippen LogP) is 4.53. The van der Waals surface area contributed by atoms with Crippen molar-refractivity contribution in [2.24, 2.45) is 0 Å². The SMILES string of the molecule is COc1cc(N(C(=O)OC(C)(C)C)C(=O)OC(C)(C)C)ncc1Br. The third kappa shape index (κ3) is 5.99. The number of rotatable bonds is 2. The zero-order valence-corrected chi connectivity index (χ0v) is 16.6. The first-order valence-electron chi connectivity index (χ1n) is 7.29. The minimum absolute atomic E-state index is 0.0403. The van der Waals surface area contributed by atoms with E-state index in [9.17, 15) is 9.59 Å². The Balaban J connectivity index is 3.27. The normalized spacial score (nSPS) is 11.7. The van der Waals surface area contributed by atoms with Crippen molar-refractivity contribution in [2.75, 3.05) is 12.0 Å². The number of halogens is 1. The zero-order valence-electron chi connectivity index (χ0n) is 15.0. The second-order valence-electron chi connectivity index (χ2n) is 6.97. The second kappa shape index (κ2) is 7.38. The van der Waals surface area contributed by atoms with Crippen LogP contribution in [0.1, 0.15) is 41.5 Å². The summed E-state index contributed by atoms with van der Waals surface area (Å²) in [6.07, 6.45) is -0.335. The summed E-state index contributed by atoms with van der Waals surface area (Å²) < 4.78 is 16.3. The van der Waals surface area contributed by atoms with E-state index in [1.807, 2.05) is 0 Å². The summed E-state index contributed by atoms with van der Waals surface area (Å²) in [5.41, 5.74) is -1.56. The predicted molar refractivity (Wildman–Crippen MR) is 93.4 cm³/mol. The van der Waals surface area contributed by atoms with Gasteiger partial charge >= 0.3 is 12.2 Å². The van der Waals surface area contributed by atoms with Gasteiger partial charge in [0.1, 0.15) is 17.0 Å². The van der Waals surface area contributed by atoms with E-state index >= 15 is 0 Å². The molecule has 2 amide bonds. The van der Waals surface area contributed by atoms with Gasteiger partial charge in [-0.15, -0.1) is 0 Å². The van der Waals surface area contributed by atoms with Crippen LogP contribution in [-0.2, 0) is 9.47 Å². The number of carbonyl (C=O) groups is 2. The topological polar surface area (TPSA) is 78.0 Å². The average molecular weight is 403 g/mol. The molecule has 8 heteroatoms. The molecular weight excluding hydrogens is 380 g/mol. The first-order valence-corrected chi connectivity index (χ1v) is 8.09. The van der Waals surface area contributed by atoms with E-state index < -0.39 is 23.4 Å². The van der Waals surface area contributed by atoms with Gasteiger partial charge in [0.05, 0.1) is 11.6 Å². The average Bonchev–Trinajstić information content (AvgIpc) is 2.36. The molecule has 134 valence electrons. The smallest absolute Gasteiger partial charge is 0.425 e. The van der Waals surface area contributed by atoms with Crippen molar-refractivity contribution >= 4 is 33.9 Å². The molecule has 0 fully saturated rings. The van der Waals surface area contributed by atoms with Crippen molar-refractivity contribution in [3.63, 3.8) is 0 Å². The number of ether oxygens (including phenoxy) is 3. The van der Waals surface area contributed by atoms with E-state index in [1.54, 1.807) is 41.5 Å². The number of carbonyl (C=O) groups excluding carboxylic acids is 2. The van der Waals surface area contributed by atoms with Crippen molar-refractivity contribution in [2.45, 2.75) is 52.7 Å². The molecule has 7 nitrogen and oxygen atoms in total. The standard InChI is InChI=1S/C16H23BrN2O5/c1-15(2,3)23-13(20)19(14(21)24-16(4,5)6)12-8-11(22-7)10(17)9-18-12/h8-9H,1-7H3. The molecule has 0 spiro atoms. The van der Waals surface area contributed by atoms with E-state index in [1.165, 1.54) is 19.4 Å². The number of hydrogen-bond acceptors (Lipinski definition) is 6. The molecule has 0 saturated heterocycles. The monoisotopic (exact) mass is 402 g/mol. The highest BCUT2D eigenvalue weighted by atomic mass is 79.9. The third-order valence-corrected chi connectivity index (χ3v) is 3.00. The molecule has 0 bridgehead atoms. The summed E-state index contributed by atoms with van der Waals surface area (Å²) >= 11 is 3.27. The Bertz CT molecular complexity index is 592. The van der Waals surface area contributed by atoms with Crippen LogP contribution < -0.4 is 9.64 Å². The minimum Gasteiger partial charge on any atom is -0.495 e. The van der Waals surface area contributed by atoms with Crippen LogP contribution >= 0.6 is 15.9 Å². The van der Waals surface area contributed by atoms with Gasteiger partial charge < -0.3 is 14.2 Å². The lowest BCUT2D eigenvalue weighted by molar-refractivity contribution is 0.0429. The van der Waals surface area contributed by atoms with Gasteiger partial charge in [0, 0.05) is 12.3 Å². The highest BCUT2D eigenvalue weighted by Gasteiger charge is 2.33. The molecule has 0 atom stereocenters. The van der Waals surface area contributed by atoms with Gasteiger partial charge in [0.2, 0.25) is 0 Å². The van der Waals surface area contributed by atoms with Gasteiger partial charge in [-0.05, 0) is 57.5 Å². The van der Waals surface area contributed by atoms with Crippen molar-refractivity contribution in [1.82, 2.24) is 4.98 Å². The molecule has 0 unspecified atom stereocenters. The Morgan fingerprint density at radius 3 is 1.88 bits per heavy atom. The lowest BCUT2D eigenvalue weighted by atomic mass is 10.2. The highest BCUT2D eigenvalue weighted by molar-refractivity contribution is 9.10. The summed E-state index contributed by atoms with van der Waals surface area (Å²) in [7, 11) is 1.47. The van der Waals surface area contributed by atoms with Gasteiger partial charge in [0.25, 0.3) is 0 Å². The van der Waals surface area contributed by atoms with Gasteiger partial charge in [-0.3, -0.25) is 0 Å². The van der Waals surface area contributed by atoms with E-state index in [2.05, 4.69) is 20.9 Å². The van der Waals surface area contributed by atoms with Crippen LogP contribution in [0.5, 0.6) is 5.75 Å². The summed E-state index contributed by atoms with van der Waals surface area (Å²) in [6, 6.07) is 1.44. The fraction of sp³-hybridized carbons (Fsp3) is 0.562.